The molecule has 0 saturated heterocycles. The summed E-state index contributed by atoms with van der Waals surface area (Å²) in [5.41, 5.74) is 4.14. The number of hydrogen-bond donors (Lipinski definition) is 1. The minimum atomic E-state index is -0.358. The van der Waals surface area contributed by atoms with E-state index in [0.29, 0.717) is 34.4 Å². The first-order chi connectivity index (χ1) is 15.0. The molecular formula is C24H20FN3O2S. The number of nitrogens with zero attached hydrogens (tertiary/aromatic N) is 2. The monoisotopic (exact) mass is 433 g/mol. The molecule has 4 aromatic rings. The number of benzene rings is 3. The minimum Gasteiger partial charge on any atom is -0.430 e. The van der Waals surface area contributed by atoms with Gasteiger partial charge >= 0.3 is 0 Å². The third kappa shape index (κ3) is 5.32. The summed E-state index contributed by atoms with van der Waals surface area (Å²) in [6.45, 7) is 3.94. The molecule has 4 rings (SSSR count). The Balaban J connectivity index is 1.46. The fourth-order valence-corrected chi connectivity index (χ4v) is 3.48. The van der Waals surface area contributed by atoms with Crippen molar-refractivity contribution in [3.05, 3.63) is 101 Å². The van der Waals surface area contributed by atoms with Crippen LogP contribution in [0.1, 0.15) is 32.9 Å². The van der Waals surface area contributed by atoms with Crippen molar-refractivity contribution >= 4 is 23.1 Å². The van der Waals surface area contributed by atoms with Gasteiger partial charge in [0.05, 0.1) is 0 Å². The molecule has 1 aromatic heterocycles. The van der Waals surface area contributed by atoms with Crippen LogP contribution in [-0.2, 0) is 6.42 Å². The number of aryl methyl sites for hydroxylation is 2. The Morgan fingerprint density at radius 1 is 1.03 bits per heavy atom. The van der Waals surface area contributed by atoms with Crippen molar-refractivity contribution in [1.29, 1.82) is 0 Å². The summed E-state index contributed by atoms with van der Waals surface area (Å²) in [6, 6.07) is 19.0. The van der Waals surface area contributed by atoms with Gasteiger partial charge in [0, 0.05) is 29.2 Å². The maximum Gasteiger partial charge on any atom is 0.298 e. The van der Waals surface area contributed by atoms with E-state index in [-0.39, 0.29) is 11.7 Å². The molecule has 0 saturated carbocycles. The highest BCUT2D eigenvalue weighted by molar-refractivity contribution is 7.07. The maximum atomic E-state index is 13.1. The van der Waals surface area contributed by atoms with E-state index in [1.807, 2.05) is 19.9 Å². The number of amides is 1. The molecule has 3 aromatic carbocycles. The van der Waals surface area contributed by atoms with Crippen molar-refractivity contribution in [2.45, 2.75) is 20.3 Å². The number of halogens is 1. The third-order valence-corrected chi connectivity index (χ3v) is 5.31. The van der Waals surface area contributed by atoms with Gasteiger partial charge in [0.1, 0.15) is 11.6 Å². The summed E-state index contributed by atoms with van der Waals surface area (Å²) in [5, 5.41) is 3.16. The number of nitrogens with one attached hydrogen (secondary N) is 1. The first-order valence-corrected chi connectivity index (χ1v) is 10.5. The number of carbonyl (C=O) groups is 1. The lowest BCUT2D eigenvalue weighted by atomic mass is 10.1. The van der Waals surface area contributed by atoms with Gasteiger partial charge in [-0.3, -0.25) is 4.79 Å². The molecule has 5 nitrogen and oxygen atoms in total. The molecule has 0 bridgehead atoms. The second-order valence-corrected chi connectivity index (χ2v) is 7.90. The predicted octanol–water partition coefficient (Wildman–Crippen LogP) is 5.93. The fraction of sp³-hybridized carbons (Fsp3) is 0.125. The Kier molecular flexibility index (Phi) is 6.04. The van der Waals surface area contributed by atoms with Gasteiger partial charge in [0.15, 0.2) is 5.82 Å². The SMILES string of the molecule is Cc1ccc(Cc2nsc(Oc3cc(C(=O)Nc4ccc(F)cc4)ccc3C)n2)cc1. The van der Waals surface area contributed by atoms with Crippen molar-refractivity contribution in [1.82, 2.24) is 9.36 Å². The van der Waals surface area contributed by atoms with Crippen LogP contribution in [0, 0.1) is 19.7 Å². The first-order valence-electron chi connectivity index (χ1n) is 9.70. The Hall–Kier alpha value is -3.58. The highest BCUT2D eigenvalue weighted by Gasteiger charge is 2.13. The van der Waals surface area contributed by atoms with E-state index in [4.69, 9.17) is 4.74 Å². The molecule has 31 heavy (non-hydrogen) atoms. The summed E-state index contributed by atoms with van der Waals surface area (Å²) in [7, 11) is 0. The van der Waals surface area contributed by atoms with Crippen LogP contribution in [0.3, 0.4) is 0 Å². The molecule has 156 valence electrons. The fourth-order valence-electron chi connectivity index (χ4n) is 2.92. The predicted molar refractivity (Wildman–Crippen MR) is 120 cm³/mol. The normalized spacial score (nSPS) is 10.7. The molecule has 0 aliphatic rings. The van der Waals surface area contributed by atoms with E-state index >= 15 is 0 Å². The number of rotatable bonds is 6. The molecule has 0 atom stereocenters. The highest BCUT2D eigenvalue weighted by atomic mass is 32.1. The van der Waals surface area contributed by atoms with E-state index in [0.717, 1.165) is 11.1 Å². The van der Waals surface area contributed by atoms with Gasteiger partial charge in [0.2, 0.25) is 0 Å². The lowest BCUT2D eigenvalue weighted by Crippen LogP contribution is -2.12. The molecule has 0 unspecified atom stereocenters. The summed E-state index contributed by atoms with van der Waals surface area (Å²) in [4.78, 5) is 17.0. The van der Waals surface area contributed by atoms with Gasteiger partial charge in [-0.05, 0) is 61.4 Å². The maximum absolute atomic E-state index is 13.1. The second-order valence-electron chi connectivity index (χ2n) is 7.18. The molecule has 1 amide bonds. The average molecular weight is 434 g/mol. The van der Waals surface area contributed by atoms with Crippen LogP contribution in [-0.4, -0.2) is 15.3 Å². The minimum absolute atomic E-state index is 0.311. The number of ether oxygens (including phenoxy) is 1. The lowest BCUT2D eigenvalue weighted by Gasteiger charge is -2.09. The van der Waals surface area contributed by atoms with Crippen LogP contribution in [0.5, 0.6) is 10.9 Å². The zero-order valence-corrected chi connectivity index (χ0v) is 17.9. The highest BCUT2D eigenvalue weighted by Crippen LogP contribution is 2.28. The summed E-state index contributed by atoms with van der Waals surface area (Å²) >= 11 is 1.17. The number of aromatic nitrogens is 2. The standard InChI is InChI=1S/C24H20FN3O2S/c1-15-3-6-17(7-4-15)13-22-27-24(31-28-22)30-21-14-18(8-5-16(21)2)23(29)26-20-11-9-19(25)10-12-20/h3-12,14H,13H2,1-2H3,(H,26,29). The van der Waals surface area contributed by atoms with Crippen molar-refractivity contribution in [2.24, 2.45) is 0 Å². The van der Waals surface area contributed by atoms with Gasteiger partial charge in [0.25, 0.3) is 11.1 Å². The summed E-state index contributed by atoms with van der Waals surface area (Å²) < 4.78 is 23.3. The largest absolute Gasteiger partial charge is 0.430 e. The number of anilines is 1. The topological polar surface area (TPSA) is 64.1 Å². The molecule has 0 aliphatic carbocycles. The van der Waals surface area contributed by atoms with E-state index in [2.05, 4.69) is 38.9 Å². The van der Waals surface area contributed by atoms with Crippen LogP contribution < -0.4 is 10.1 Å². The smallest absolute Gasteiger partial charge is 0.298 e. The van der Waals surface area contributed by atoms with Crippen molar-refractivity contribution in [3.8, 4) is 10.9 Å². The molecule has 0 radical (unpaired) electrons. The van der Waals surface area contributed by atoms with Gasteiger partial charge in [-0.2, -0.15) is 9.36 Å². The lowest BCUT2D eigenvalue weighted by molar-refractivity contribution is 0.102. The number of hydrogen-bond acceptors (Lipinski definition) is 5. The van der Waals surface area contributed by atoms with Crippen LogP contribution in [0.4, 0.5) is 10.1 Å². The first kappa shape index (κ1) is 20.7. The van der Waals surface area contributed by atoms with E-state index in [9.17, 15) is 9.18 Å². The molecule has 0 aliphatic heterocycles. The van der Waals surface area contributed by atoms with Gasteiger partial charge in [-0.15, -0.1) is 0 Å². The van der Waals surface area contributed by atoms with Crippen LogP contribution in [0.15, 0.2) is 66.7 Å². The average Bonchev–Trinajstić information content (AvgIpc) is 3.20. The summed E-state index contributed by atoms with van der Waals surface area (Å²) in [6.07, 6.45) is 0.624. The van der Waals surface area contributed by atoms with E-state index in [1.165, 1.54) is 41.4 Å². The Morgan fingerprint density at radius 2 is 1.77 bits per heavy atom. The van der Waals surface area contributed by atoms with E-state index in [1.54, 1.807) is 12.1 Å². The molecule has 7 heteroatoms. The number of carbonyl (C=O) groups excluding carboxylic acids is 1. The van der Waals surface area contributed by atoms with Gasteiger partial charge in [-0.1, -0.05) is 35.9 Å². The Morgan fingerprint density at radius 3 is 2.52 bits per heavy atom. The molecule has 0 spiro atoms. The van der Waals surface area contributed by atoms with Crippen molar-refractivity contribution < 1.29 is 13.9 Å². The second kappa shape index (κ2) is 9.06. The van der Waals surface area contributed by atoms with E-state index < -0.39 is 0 Å². The van der Waals surface area contributed by atoms with Crippen LogP contribution in [0.2, 0.25) is 0 Å². The molecule has 1 heterocycles. The molecular weight excluding hydrogens is 413 g/mol. The quantitative estimate of drug-likeness (QED) is 0.409. The molecule has 0 fully saturated rings. The zero-order chi connectivity index (χ0) is 21.8. The zero-order valence-electron chi connectivity index (χ0n) is 17.1. The van der Waals surface area contributed by atoms with Crippen LogP contribution >= 0.6 is 11.5 Å². The van der Waals surface area contributed by atoms with Crippen LogP contribution in [0.25, 0.3) is 0 Å². The Labute approximate surface area is 183 Å². The van der Waals surface area contributed by atoms with Crippen molar-refractivity contribution in [2.75, 3.05) is 5.32 Å². The summed E-state index contributed by atoms with van der Waals surface area (Å²) in [5.74, 6) is 0.549. The third-order valence-electron chi connectivity index (χ3n) is 4.68. The van der Waals surface area contributed by atoms with Gasteiger partial charge in [-0.25, -0.2) is 4.39 Å². The van der Waals surface area contributed by atoms with Gasteiger partial charge < -0.3 is 10.1 Å². The van der Waals surface area contributed by atoms with Crippen molar-refractivity contribution in [3.63, 3.8) is 0 Å². The Bertz CT molecular complexity index is 1200. The molecule has 1 N–H and O–H groups in total.